The van der Waals surface area contributed by atoms with Crippen LogP contribution in [0.15, 0.2) is 23.1 Å². The number of carbonyl (C=O) groups excluding carboxylic acids is 1. The van der Waals surface area contributed by atoms with E-state index in [4.69, 9.17) is 10.8 Å². The molecule has 0 saturated heterocycles. The molecule has 1 aromatic carbocycles. The van der Waals surface area contributed by atoms with Gasteiger partial charge in [0, 0.05) is 6.07 Å². The Morgan fingerprint density at radius 1 is 1.35 bits per heavy atom. The molecule has 4 N–H and O–H groups in total. The van der Waals surface area contributed by atoms with Crippen LogP contribution in [-0.4, -0.2) is 31.4 Å². The molecule has 20 heavy (non-hydrogen) atoms. The Balaban J connectivity index is 3.09. The van der Waals surface area contributed by atoms with E-state index in [2.05, 4.69) is 0 Å². The maximum atomic E-state index is 13.4. The van der Waals surface area contributed by atoms with Crippen LogP contribution in [0.3, 0.4) is 0 Å². The number of benzene rings is 1. The van der Waals surface area contributed by atoms with Gasteiger partial charge in [-0.05, 0) is 12.1 Å². The summed E-state index contributed by atoms with van der Waals surface area (Å²) >= 11 is 0. The second-order valence-corrected chi connectivity index (χ2v) is 5.44. The van der Waals surface area contributed by atoms with Crippen molar-refractivity contribution < 1.29 is 31.9 Å². The van der Waals surface area contributed by atoms with E-state index < -0.39 is 50.9 Å². The monoisotopic (exact) mass is 308 g/mol. The lowest BCUT2D eigenvalue weighted by Gasteiger charge is -2.13. The molecule has 1 unspecified atom stereocenters. The smallest absolute Gasteiger partial charge is 0.322 e. The summed E-state index contributed by atoms with van der Waals surface area (Å²) in [7, 11) is -4.58. The first-order valence-electron chi connectivity index (χ1n) is 5.12. The first-order valence-corrected chi connectivity index (χ1v) is 6.60. The van der Waals surface area contributed by atoms with E-state index in [9.17, 15) is 26.8 Å². The highest BCUT2D eigenvalue weighted by molar-refractivity contribution is 7.89. The molecule has 0 spiro atoms. The number of carboxylic acids is 1. The first kappa shape index (κ1) is 16.0. The topological polar surface area (TPSA) is 127 Å². The third-order valence-corrected chi connectivity index (χ3v) is 3.69. The number of rotatable bonds is 6. The Bertz CT molecular complexity index is 647. The first-order chi connectivity index (χ1) is 9.13. The predicted molar refractivity (Wildman–Crippen MR) is 61.9 cm³/mol. The van der Waals surface area contributed by atoms with Gasteiger partial charge in [-0.2, -0.15) is 4.72 Å². The van der Waals surface area contributed by atoms with Crippen molar-refractivity contribution in [3.05, 3.63) is 29.8 Å². The van der Waals surface area contributed by atoms with E-state index in [0.29, 0.717) is 18.2 Å². The summed E-state index contributed by atoms with van der Waals surface area (Å²) in [5, 5.41) is 8.76. The number of amides is 1. The number of hydrogen-bond donors (Lipinski definition) is 3. The zero-order valence-corrected chi connectivity index (χ0v) is 10.7. The summed E-state index contributed by atoms with van der Waals surface area (Å²) in [6.07, 6.45) is -0.808. The molecule has 0 aliphatic carbocycles. The Labute approximate surface area is 112 Å². The Kier molecular flexibility index (Phi) is 4.73. The quantitative estimate of drug-likeness (QED) is 0.657. The second kappa shape index (κ2) is 5.92. The molecule has 0 radical (unpaired) electrons. The minimum Gasteiger partial charge on any atom is -0.480 e. The van der Waals surface area contributed by atoms with Crippen molar-refractivity contribution >= 4 is 21.9 Å². The number of sulfonamides is 1. The van der Waals surface area contributed by atoms with Gasteiger partial charge in [0.05, 0.1) is 6.42 Å². The summed E-state index contributed by atoms with van der Waals surface area (Å²) in [5.41, 5.74) is 4.78. The van der Waals surface area contributed by atoms with Gasteiger partial charge in [-0.1, -0.05) is 0 Å². The van der Waals surface area contributed by atoms with Crippen LogP contribution in [0.25, 0.3) is 0 Å². The predicted octanol–water partition coefficient (Wildman–Crippen LogP) is -0.428. The van der Waals surface area contributed by atoms with Crippen LogP contribution in [0.2, 0.25) is 0 Å². The normalized spacial score (nSPS) is 12.9. The average molecular weight is 308 g/mol. The van der Waals surface area contributed by atoms with Crippen LogP contribution >= 0.6 is 0 Å². The van der Waals surface area contributed by atoms with Gasteiger partial charge in [0.2, 0.25) is 15.9 Å². The molecule has 1 atom stereocenters. The molecule has 7 nitrogen and oxygen atoms in total. The summed E-state index contributed by atoms with van der Waals surface area (Å²) in [6, 6.07) is -0.183. The van der Waals surface area contributed by atoms with Gasteiger partial charge in [0.15, 0.2) is 0 Å². The van der Waals surface area contributed by atoms with Crippen LogP contribution in [0.1, 0.15) is 6.42 Å². The number of carbonyl (C=O) groups is 2. The van der Waals surface area contributed by atoms with E-state index in [1.54, 1.807) is 4.72 Å². The van der Waals surface area contributed by atoms with Gasteiger partial charge < -0.3 is 10.8 Å². The number of carboxylic acid groups (broad SMARTS) is 1. The van der Waals surface area contributed by atoms with Crippen LogP contribution < -0.4 is 10.5 Å². The molecule has 0 aromatic heterocycles. The van der Waals surface area contributed by atoms with Crippen LogP contribution in [0.5, 0.6) is 0 Å². The zero-order chi connectivity index (χ0) is 15.5. The Morgan fingerprint density at radius 3 is 2.40 bits per heavy atom. The molecular formula is C10H10F2N2O5S. The molecule has 1 rings (SSSR count). The van der Waals surface area contributed by atoms with Gasteiger partial charge in [0.1, 0.15) is 22.6 Å². The summed E-state index contributed by atoms with van der Waals surface area (Å²) in [5.74, 6) is -5.09. The molecular weight excluding hydrogens is 298 g/mol. The molecule has 0 fully saturated rings. The number of aliphatic carboxylic acids is 1. The number of halogens is 2. The van der Waals surface area contributed by atoms with Crippen LogP contribution in [-0.2, 0) is 19.6 Å². The van der Waals surface area contributed by atoms with Crippen LogP contribution in [0.4, 0.5) is 8.78 Å². The minimum atomic E-state index is -4.58. The molecule has 0 heterocycles. The average Bonchev–Trinajstić information content (AvgIpc) is 2.26. The lowest BCUT2D eigenvalue weighted by Crippen LogP contribution is -2.43. The number of primary amides is 1. The van der Waals surface area contributed by atoms with Crippen molar-refractivity contribution in [1.29, 1.82) is 0 Å². The Hall–Kier alpha value is -2.07. The highest BCUT2D eigenvalue weighted by Crippen LogP contribution is 2.16. The van der Waals surface area contributed by atoms with Crippen molar-refractivity contribution in [2.45, 2.75) is 17.4 Å². The fourth-order valence-electron chi connectivity index (χ4n) is 1.32. The molecule has 110 valence electrons. The van der Waals surface area contributed by atoms with E-state index >= 15 is 0 Å². The van der Waals surface area contributed by atoms with E-state index in [0.717, 1.165) is 0 Å². The fraction of sp³-hybridized carbons (Fsp3) is 0.200. The Morgan fingerprint density at radius 2 is 1.95 bits per heavy atom. The molecule has 0 aliphatic heterocycles. The van der Waals surface area contributed by atoms with E-state index in [1.807, 2.05) is 0 Å². The summed E-state index contributed by atoms with van der Waals surface area (Å²) in [4.78, 5) is 20.5. The highest BCUT2D eigenvalue weighted by Gasteiger charge is 2.28. The van der Waals surface area contributed by atoms with E-state index in [1.165, 1.54) is 0 Å². The third kappa shape index (κ3) is 3.96. The third-order valence-electron chi connectivity index (χ3n) is 2.18. The molecule has 10 heteroatoms. The molecule has 1 amide bonds. The SMILES string of the molecule is NC(=O)CC(NS(=O)(=O)c1ccc(F)cc1F)C(=O)O. The number of nitrogens with two attached hydrogens (primary N) is 1. The number of hydrogen-bond acceptors (Lipinski definition) is 4. The van der Waals surface area contributed by atoms with Crippen LogP contribution in [0, 0.1) is 11.6 Å². The number of nitrogens with one attached hydrogen (secondary N) is 1. The molecule has 0 saturated carbocycles. The maximum absolute atomic E-state index is 13.4. The van der Waals surface area contributed by atoms with Gasteiger partial charge in [-0.3, -0.25) is 9.59 Å². The van der Waals surface area contributed by atoms with Gasteiger partial charge in [0.25, 0.3) is 0 Å². The van der Waals surface area contributed by atoms with Crippen molar-refractivity contribution in [3.8, 4) is 0 Å². The highest BCUT2D eigenvalue weighted by atomic mass is 32.2. The zero-order valence-electron chi connectivity index (χ0n) is 9.84. The molecule has 0 aliphatic rings. The standard InChI is InChI=1S/C10H10F2N2O5S/c11-5-1-2-8(6(12)3-5)20(18,19)14-7(10(16)17)4-9(13)15/h1-3,7,14H,4H2,(H2,13,15)(H,16,17). The van der Waals surface area contributed by atoms with Gasteiger partial charge in [-0.25, -0.2) is 17.2 Å². The van der Waals surface area contributed by atoms with Gasteiger partial charge in [-0.15, -0.1) is 0 Å². The maximum Gasteiger partial charge on any atom is 0.322 e. The largest absolute Gasteiger partial charge is 0.480 e. The summed E-state index contributed by atoms with van der Waals surface area (Å²) < 4.78 is 51.2. The van der Waals surface area contributed by atoms with Crippen molar-refractivity contribution in [3.63, 3.8) is 0 Å². The summed E-state index contributed by atoms with van der Waals surface area (Å²) in [6.45, 7) is 0. The van der Waals surface area contributed by atoms with Crippen molar-refractivity contribution in [2.75, 3.05) is 0 Å². The second-order valence-electron chi connectivity index (χ2n) is 3.76. The lowest BCUT2D eigenvalue weighted by molar-refractivity contribution is -0.140. The van der Waals surface area contributed by atoms with Crippen molar-refractivity contribution in [2.24, 2.45) is 5.73 Å². The minimum absolute atomic E-state index is 0.332. The fourth-order valence-corrected chi connectivity index (χ4v) is 2.57. The van der Waals surface area contributed by atoms with Crippen molar-refractivity contribution in [1.82, 2.24) is 4.72 Å². The molecule has 1 aromatic rings. The van der Waals surface area contributed by atoms with E-state index in [-0.39, 0.29) is 0 Å². The van der Waals surface area contributed by atoms with Gasteiger partial charge >= 0.3 is 5.97 Å². The lowest BCUT2D eigenvalue weighted by atomic mass is 10.2. The molecule has 0 bridgehead atoms.